The molecule has 3 heteroatoms. The molecule has 1 heterocycles. The fourth-order valence-electron chi connectivity index (χ4n) is 4.14. The molecule has 1 fully saturated rings. The fraction of sp³-hybridized carbons (Fsp3) is 0.276. The van der Waals surface area contributed by atoms with Crippen LogP contribution in [-0.4, -0.2) is 11.5 Å². The molecule has 0 bridgehead atoms. The van der Waals surface area contributed by atoms with Crippen LogP contribution in [0, 0.1) is 23.2 Å². The van der Waals surface area contributed by atoms with Gasteiger partial charge in [0, 0.05) is 22.3 Å². The first kappa shape index (κ1) is 22.3. The van der Waals surface area contributed by atoms with Gasteiger partial charge in [-0.05, 0) is 90.9 Å². The molecular formula is C29H29ClN2. The van der Waals surface area contributed by atoms with E-state index in [2.05, 4.69) is 60.2 Å². The van der Waals surface area contributed by atoms with Crippen molar-refractivity contribution in [1.82, 2.24) is 4.98 Å². The molecule has 3 aromatic rings. The molecular weight excluding hydrogens is 412 g/mol. The summed E-state index contributed by atoms with van der Waals surface area (Å²) >= 11 is 5.96. The second-order valence-corrected chi connectivity index (χ2v) is 9.32. The predicted molar refractivity (Wildman–Crippen MR) is 135 cm³/mol. The third-order valence-corrected chi connectivity index (χ3v) is 6.61. The molecule has 1 unspecified atom stereocenters. The van der Waals surface area contributed by atoms with Crippen molar-refractivity contribution in [2.24, 2.45) is 17.1 Å². The van der Waals surface area contributed by atoms with Crippen LogP contribution in [-0.2, 0) is 0 Å². The summed E-state index contributed by atoms with van der Waals surface area (Å²) in [6, 6.07) is 20.1. The minimum atomic E-state index is 0.354. The maximum Gasteiger partial charge on any atom is 0.113 e. The molecule has 1 atom stereocenters. The first-order chi connectivity index (χ1) is 15.6. The Bertz CT molecular complexity index is 1120. The molecule has 0 spiro atoms. The average molecular weight is 441 g/mol. The molecule has 1 aliphatic rings. The lowest BCUT2D eigenvalue weighted by Crippen LogP contribution is -2.22. The molecule has 2 aromatic carbocycles. The summed E-state index contributed by atoms with van der Waals surface area (Å²) in [5.41, 5.74) is 11.3. The highest BCUT2D eigenvalue weighted by Crippen LogP contribution is 2.49. The zero-order valence-corrected chi connectivity index (χ0v) is 19.3. The fourth-order valence-corrected chi connectivity index (χ4v) is 4.27. The molecule has 2 nitrogen and oxygen atoms in total. The summed E-state index contributed by atoms with van der Waals surface area (Å²) in [4.78, 5) is 4.48. The third kappa shape index (κ3) is 5.88. The van der Waals surface area contributed by atoms with Gasteiger partial charge in [-0.3, -0.25) is 0 Å². The Hall–Kier alpha value is -2.86. The van der Waals surface area contributed by atoms with Crippen molar-refractivity contribution in [3.63, 3.8) is 0 Å². The summed E-state index contributed by atoms with van der Waals surface area (Å²) in [6.07, 6.45) is 11.3. The predicted octanol–water partition coefficient (Wildman–Crippen LogP) is 6.97. The molecule has 4 rings (SSSR count). The second kappa shape index (κ2) is 10.2. The van der Waals surface area contributed by atoms with E-state index in [-0.39, 0.29) is 0 Å². The van der Waals surface area contributed by atoms with Gasteiger partial charge in [0.25, 0.3) is 0 Å². The highest BCUT2D eigenvalue weighted by atomic mass is 35.5. The van der Waals surface area contributed by atoms with Crippen molar-refractivity contribution >= 4 is 17.7 Å². The number of hydrogen-bond donors (Lipinski definition) is 1. The first-order valence-corrected chi connectivity index (χ1v) is 11.6. The van der Waals surface area contributed by atoms with Gasteiger partial charge in [0.2, 0.25) is 0 Å². The molecule has 162 valence electrons. The number of nitrogens with two attached hydrogens (primary N) is 1. The highest BCUT2D eigenvalue weighted by molar-refractivity contribution is 6.30. The average Bonchev–Trinajstić information content (AvgIpc) is 3.66. The van der Waals surface area contributed by atoms with Gasteiger partial charge >= 0.3 is 0 Å². The van der Waals surface area contributed by atoms with Crippen LogP contribution < -0.4 is 5.73 Å². The zero-order valence-electron chi connectivity index (χ0n) is 18.5. The zero-order chi connectivity index (χ0) is 22.4. The van der Waals surface area contributed by atoms with Crippen LogP contribution in [0.2, 0.25) is 5.02 Å². The van der Waals surface area contributed by atoms with E-state index in [1.54, 1.807) is 0 Å². The molecule has 0 aliphatic heterocycles. The molecule has 32 heavy (non-hydrogen) atoms. The number of rotatable bonds is 7. The Balaban J connectivity index is 1.36. The van der Waals surface area contributed by atoms with E-state index in [1.165, 1.54) is 18.4 Å². The van der Waals surface area contributed by atoms with E-state index in [0.29, 0.717) is 5.41 Å². The summed E-state index contributed by atoms with van der Waals surface area (Å²) in [7, 11) is 0. The van der Waals surface area contributed by atoms with E-state index in [0.717, 1.165) is 52.7 Å². The Kier molecular flexibility index (Phi) is 7.10. The van der Waals surface area contributed by atoms with Crippen molar-refractivity contribution in [3.8, 4) is 23.0 Å². The number of pyridine rings is 1. The molecule has 0 saturated heterocycles. The number of aromatic nitrogens is 1. The molecule has 1 aliphatic carbocycles. The van der Waals surface area contributed by atoms with Gasteiger partial charge in [-0.2, -0.15) is 0 Å². The highest BCUT2D eigenvalue weighted by Gasteiger charge is 2.39. The van der Waals surface area contributed by atoms with Crippen molar-refractivity contribution in [3.05, 3.63) is 94.8 Å². The number of allylic oxidation sites excluding steroid dienone is 1. The number of benzene rings is 2. The number of nitrogens with zero attached hydrogens (tertiary/aromatic N) is 1. The molecule has 0 radical (unpaired) electrons. The molecule has 2 N–H and O–H groups in total. The largest absolute Gasteiger partial charge is 0.330 e. The lowest BCUT2D eigenvalue weighted by molar-refractivity contribution is 0.257. The first-order valence-electron chi connectivity index (χ1n) is 11.3. The van der Waals surface area contributed by atoms with Gasteiger partial charge in [-0.25, -0.2) is 4.98 Å². The van der Waals surface area contributed by atoms with Crippen molar-refractivity contribution in [2.45, 2.75) is 32.6 Å². The van der Waals surface area contributed by atoms with Crippen molar-refractivity contribution < 1.29 is 0 Å². The summed E-state index contributed by atoms with van der Waals surface area (Å²) < 4.78 is 0. The van der Waals surface area contributed by atoms with Gasteiger partial charge in [0.1, 0.15) is 5.69 Å². The maximum absolute atomic E-state index is 5.96. The van der Waals surface area contributed by atoms with E-state index in [1.807, 2.05) is 42.6 Å². The van der Waals surface area contributed by atoms with Crippen LogP contribution in [0.15, 0.2) is 72.9 Å². The van der Waals surface area contributed by atoms with E-state index in [9.17, 15) is 0 Å². The van der Waals surface area contributed by atoms with Gasteiger partial charge < -0.3 is 5.73 Å². The van der Waals surface area contributed by atoms with Gasteiger partial charge in [-0.1, -0.05) is 66.9 Å². The van der Waals surface area contributed by atoms with Crippen LogP contribution in [0.25, 0.3) is 17.2 Å². The molecule has 1 aromatic heterocycles. The lowest BCUT2D eigenvalue weighted by atomic mass is 9.78. The van der Waals surface area contributed by atoms with Crippen molar-refractivity contribution in [1.29, 1.82) is 0 Å². The molecule has 0 amide bonds. The van der Waals surface area contributed by atoms with Gasteiger partial charge in [0.15, 0.2) is 0 Å². The minimum Gasteiger partial charge on any atom is -0.330 e. The Morgan fingerprint density at radius 3 is 2.34 bits per heavy atom. The normalized spacial score (nSPS) is 15.2. The van der Waals surface area contributed by atoms with Crippen LogP contribution >= 0.6 is 11.6 Å². The van der Waals surface area contributed by atoms with Crippen molar-refractivity contribution in [2.75, 3.05) is 6.54 Å². The Labute approximate surface area is 196 Å². The van der Waals surface area contributed by atoms with Gasteiger partial charge in [-0.15, -0.1) is 0 Å². The van der Waals surface area contributed by atoms with Crippen LogP contribution in [0.5, 0.6) is 0 Å². The van der Waals surface area contributed by atoms with E-state index < -0.39 is 0 Å². The quantitative estimate of drug-likeness (QED) is 0.403. The van der Waals surface area contributed by atoms with Crippen LogP contribution in [0.1, 0.15) is 49.4 Å². The SMILES string of the molecule is CC(C/C=C/c1ccc(C#Cc2ccc(-c3ccc(Cl)cc3)cn2)cc1)(CCN)C1CC1. The Morgan fingerprint density at radius 2 is 1.72 bits per heavy atom. The van der Waals surface area contributed by atoms with Gasteiger partial charge in [0.05, 0.1) is 0 Å². The smallest absolute Gasteiger partial charge is 0.113 e. The second-order valence-electron chi connectivity index (χ2n) is 8.88. The summed E-state index contributed by atoms with van der Waals surface area (Å²) in [5.74, 6) is 7.21. The lowest BCUT2D eigenvalue weighted by Gasteiger charge is -2.27. The minimum absolute atomic E-state index is 0.354. The monoisotopic (exact) mass is 440 g/mol. The van der Waals surface area contributed by atoms with E-state index in [4.69, 9.17) is 17.3 Å². The number of hydrogen-bond acceptors (Lipinski definition) is 2. The summed E-state index contributed by atoms with van der Waals surface area (Å²) in [5, 5.41) is 0.731. The van der Waals surface area contributed by atoms with E-state index >= 15 is 0 Å². The van der Waals surface area contributed by atoms with Crippen LogP contribution in [0.3, 0.4) is 0 Å². The standard InChI is InChI=1S/C29H29ClN2/c1-29(19-20-31,26-12-13-26)18-2-3-22-4-6-23(7-5-22)8-16-28-17-11-25(21-32-28)24-9-14-27(30)15-10-24/h2-7,9-11,14-15,17,21,26H,12-13,18-20,31H2,1H3/b3-2+. The summed E-state index contributed by atoms with van der Waals surface area (Å²) in [6.45, 7) is 3.16. The Morgan fingerprint density at radius 1 is 1.00 bits per heavy atom. The third-order valence-electron chi connectivity index (χ3n) is 6.36. The topological polar surface area (TPSA) is 38.9 Å². The van der Waals surface area contributed by atoms with Crippen LogP contribution in [0.4, 0.5) is 0 Å². The molecule has 1 saturated carbocycles. The number of halogens is 1. The maximum atomic E-state index is 5.96.